The first kappa shape index (κ1) is 14.5. The number of nitriles is 1. The lowest BCUT2D eigenvalue weighted by molar-refractivity contribution is 0.0341. The molecule has 1 aromatic carbocycles. The Balaban J connectivity index is 2.19. The predicted molar refractivity (Wildman–Crippen MR) is 78.9 cm³/mol. The number of rotatable bonds is 3. The lowest BCUT2D eigenvalue weighted by Gasteiger charge is -2.27. The number of morpholine rings is 1. The van der Waals surface area contributed by atoms with Crippen molar-refractivity contribution in [2.45, 2.75) is 25.8 Å². The van der Waals surface area contributed by atoms with Gasteiger partial charge >= 0.3 is 0 Å². The first-order valence-corrected chi connectivity index (χ1v) is 7.32. The highest BCUT2D eigenvalue weighted by Crippen LogP contribution is 2.27. The largest absolute Gasteiger partial charge is 0.379 e. The number of nitrogens with zero attached hydrogens (tertiary/aromatic N) is 2. The fourth-order valence-corrected chi connectivity index (χ4v) is 2.73. The van der Waals surface area contributed by atoms with Crippen LogP contribution in [0.25, 0.3) is 0 Å². The zero-order chi connectivity index (χ0) is 13.9. The Morgan fingerprint density at radius 2 is 2.00 bits per heavy atom. The summed E-state index contributed by atoms with van der Waals surface area (Å²) in [6.45, 7) is 8.39. The summed E-state index contributed by atoms with van der Waals surface area (Å²) in [6, 6.07) is 8.67. The van der Waals surface area contributed by atoms with Crippen molar-refractivity contribution >= 4 is 15.9 Å². The summed E-state index contributed by atoms with van der Waals surface area (Å²) in [4.78, 5) is 2.38. The van der Waals surface area contributed by atoms with Crippen LogP contribution >= 0.6 is 15.9 Å². The summed E-state index contributed by atoms with van der Waals surface area (Å²) in [5.74, 6) is 0. The number of benzene rings is 1. The van der Waals surface area contributed by atoms with Crippen molar-refractivity contribution in [1.82, 2.24) is 4.90 Å². The van der Waals surface area contributed by atoms with E-state index < -0.39 is 5.41 Å². The van der Waals surface area contributed by atoms with E-state index in [-0.39, 0.29) is 0 Å². The Morgan fingerprint density at radius 3 is 2.63 bits per heavy atom. The zero-order valence-corrected chi connectivity index (χ0v) is 13.0. The molecule has 0 aromatic heterocycles. The molecule has 0 N–H and O–H groups in total. The molecule has 1 aliphatic heterocycles. The van der Waals surface area contributed by atoms with Gasteiger partial charge in [0.1, 0.15) is 0 Å². The summed E-state index contributed by atoms with van der Waals surface area (Å²) >= 11 is 3.55. The van der Waals surface area contributed by atoms with Gasteiger partial charge in [-0.05, 0) is 37.1 Å². The fourth-order valence-electron chi connectivity index (χ4n) is 2.18. The van der Waals surface area contributed by atoms with Gasteiger partial charge in [0.05, 0.1) is 24.7 Å². The number of hydrogen-bond acceptors (Lipinski definition) is 3. The summed E-state index contributed by atoms with van der Waals surface area (Å²) in [5.41, 5.74) is 1.85. The van der Waals surface area contributed by atoms with Crippen molar-refractivity contribution in [2.24, 2.45) is 0 Å². The fraction of sp³-hybridized carbons (Fsp3) is 0.533. The van der Waals surface area contributed by atoms with Crippen LogP contribution in [0, 0.1) is 11.3 Å². The quantitative estimate of drug-likeness (QED) is 0.858. The van der Waals surface area contributed by atoms with E-state index in [0.717, 1.165) is 42.9 Å². The van der Waals surface area contributed by atoms with E-state index in [1.807, 2.05) is 19.9 Å². The van der Waals surface area contributed by atoms with Gasteiger partial charge in [0.15, 0.2) is 0 Å². The number of ether oxygens (including phenoxy) is 1. The number of hydrogen-bond donors (Lipinski definition) is 0. The highest BCUT2D eigenvalue weighted by Gasteiger charge is 2.21. The third kappa shape index (κ3) is 3.79. The Labute approximate surface area is 123 Å². The second kappa shape index (κ2) is 6.04. The van der Waals surface area contributed by atoms with Gasteiger partial charge in [0.2, 0.25) is 0 Å². The van der Waals surface area contributed by atoms with Gasteiger partial charge in [-0.1, -0.05) is 22.0 Å². The van der Waals surface area contributed by atoms with Crippen molar-refractivity contribution in [3.8, 4) is 6.07 Å². The van der Waals surface area contributed by atoms with E-state index in [2.05, 4.69) is 39.0 Å². The highest BCUT2D eigenvalue weighted by atomic mass is 79.9. The van der Waals surface area contributed by atoms with E-state index in [1.54, 1.807) is 0 Å². The molecule has 1 fully saturated rings. The second-order valence-corrected chi connectivity index (χ2v) is 6.39. The van der Waals surface area contributed by atoms with Crippen LogP contribution in [0.3, 0.4) is 0 Å². The van der Waals surface area contributed by atoms with Crippen molar-refractivity contribution in [3.63, 3.8) is 0 Å². The molecule has 0 aliphatic carbocycles. The van der Waals surface area contributed by atoms with E-state index in [1.165, 1.54) is 5.56 Å². The van der Waals surface area contributed by atoms with Crippen molar-refractivity contribution in [3.05, 3.63) is 33.8 Å². The molecular weight excluding hydrogens is 304 g/mol. The summed E-state index contributed by atoms with van der Waals surface area (Å²) in [5, 5.41) is 9.26. The third-order valence-electron chi connectivity index (χ3n) is 3.47. The van der Waals surface area contributed by atoms with Crippen LogP contribution in [0.2, 0.25) is 0 Å². The highest BCUT2D eigenvalue weighted by molar-refractivity contribution is 9.10. The van der Waals surface area contributed by atoms with E-state index in [4.69, 9.17) is 4.74 Å². The molecule has 0 spiro atoms. The van der Waals surface area contributed by atoms with E-state index >= 15 is 0 Å². The molecule has 1 saturated heterocycles. The Morgan fingerprint density at radius 1 is 1.32 bits per heavy atom. The van der Waals surface area contributed by atoms with Crippen molar-refractivity contribution in [2.75, 3.05) is 26.3 Å². The average Bonchev–Trinajstić information content (AvgIpc) is 2.39. The van der Waals surface area contributed by atoms with Crippen LogP contribution in [-0.2, 0) is 16.7 Å². The lowest BCUT2D eigenvalue weighted by Crippen LogP contribution is -2.35. The van der Waals surface area contributed by atoms with Gasteiger partial charge < -0.3 is 4.74 Å². The van der Waals surface area contributed by atoms with Crippen LogP contribution < -0.4 is 0 Å². The normalized spacial score (nSPS) is 17.2. The maximum absolute atomic E-state index is 9.26. The molecule has 19 heavy (non-hydrogen) atoms. The molecule has 0 radical (unpaired) electrons. The molecule has 1 aromatic rings. The molecule has 1 heterocycles. The minimum atomic E-state index is -0.455. The first-order chi connectivity index (χ1) is 9.01. The molecule has 0 saturated carbocycles. The molecule has 4 heteroatoms. The first-order valence-electron chi connectivity index (χ1n) is 6.52. The minimum absolute atomic E-state index is 0.455. The molecule has 0 unspecified atom stereocenters. The monoisotopic (exact) mass is 322 g/mol. The van der Waals surface area contributed by atoms with Gasteiger partial charge in [-0.2, -0.15) is 5.26 Å². The van der Waals surface area contributed by atoms with Crippen LogP contribution in [0.1, 0.15) is 25.0 Å². The molecule has 1 aliphatic rings. The van der Waals surface area contributed by atoms with Gasteiger partial charge in [0, 0.05) is 24.1 Å². The zero-order valence-electron chi connectivity index (χ0n) is 11.4. The number of halogens is 1. The Hall–Kier alpha value is -0.890. The summed E-state index contributed by atoms with van der Waals surface area (Å²) in [7, 11) is 0. The molecule has 3 nitrogen and oxygen atoms in total. The SMILES string of the molecule is CC(C)(C#N)c1cc(Br)cc(CN2CCOCC2)c1. The smallest absolute Gasteiger partial charge is 0.0766 e. The van der Waals surface area contributed by atoms with Gasteiger partial charge in [-0.3, -0.25) is 4.90 Å². The summed E-state index contributed by atoms with van der Waals surface area (Å²) in [6.07, 6.45) is 0. The Bertz CT molecular complexity index is 487. The molecule has 0 amide bonds. The van der Waals surface area contributed by atoms with Gasteiger partial charge in [-0.25, -0.2) is 0 Å². The molecule has 0 atom stereocenters. The van der Waals surface area contributed by atoms with E-state index in [9.17, 15) is 5.26 Å². The van der Waals surface area contributed by atoms with Crippen LogP contribution in [-0.4, -0.2) is 31.2 Å². The molecule has 0 bridgehead atoms. The second-order valence-electron chi connectivity index (χ2n) is 5.47. The molecule has 2 rings (SSSR count). The van der Waals surface area contributed by atoms with Crippen molar-refractivity contribution in [1.29, 1.82) is 5.26 Å². The van der Waals surface area contributed by atoms with Crippen molar-refractivity contribution < 1.29 is 4.74 Å². The predicted octanol–water partition coefficient (Wildman–Crippen LogP) is 3.08. The van der Waals surface area contributed by atoms with Gasteiger partial charge in [-0.15, -0.1) is 0 Å². The maximum atomic E-state index is 9.26. The Kier molecular flexibility index (Phi) is 4.62. The minimum Gasteiger partial charge on any atom is -0.379 e. The lowest BCUT2D eigenvalue weighted by atomic mass is 9.85. The molecule has 102 valence electrons. The van der Waals surface area contributed by atoms with E-state index in [0.29, 0.717) is 0 Å². The van der Waals surface area contributed by atoms with Crippen LogP contribution in [0.5, 0.6) is 0 Å². The van der Waals surface area contributed by atoms with Crippen LogP contribution in [0.4, 0.5) is 0 Å². The van der Waals surface area contributed by atoms with Gasteiger partial charge in [0.25, 0.3) is 0 Å². The van der Waals surface area contributed by atoms with Crippen LogP contribution in [0.15, 0.2) is 22.7 Å². The molecular formula is C15H19BrN2O. The third-order valence-corrected chi connectivity index (χ3v) is 3.93. The average molecular weight is 323 g/mol. The maximum Gasteiger partial charge on any atom is 0.0766 e. The summed E-state index contributed by atoms with van der Waals surface area (Å²) < 4.78 is 6.40. The topological polar surface area (TPSA) is 36.3 Å². The standard InChI is InChI=1S/C15H19BrN2O/c1-15(2,11-17)13-7-12(8-14(16)9-13)10-18-3-5-19-6-4-18/h7-9H,3-6,10H2,1-2H3.